The number of hydrogen-bond acceptors (Lipinski definition) is 2. The maximum absolute atomic E-state index is 11.4. The molecule has 2 aromatic rings. The lowest BCUT2D eigenvalue weighted by molar-refractivity contribution is 0.0529. The molecule has 0 fully saturated rings. The van der Waals surface area contributed by atoms with E-state index in [9.17, 15) is 4.79 Å². The molecule has 0 spiro atoms. The van der Waals surface area contributed by atoms with Crippen molar-refractivity contribution in [3.05, 3.63) is 42.1 Å². The fourth-order valence-electron chi connectivity index (χ4n) is 1.97. The first-order valence-corrected chi connectivity index (χ1v) is 7.14. The van der Waals surface area contributed by atoms with Crippen LogP contribution >= 0.6 is 0 Å². The number of aromatic nitrogens is 1. The summed E-state index contributed by atoms with van der Waals surface area (Å²) in [5.41, 5.74) is 1.84. The van der Waals surface area contributed by atoms with E-state index in [2.05, 4.69) is 40.6 Å². The minimum Gasteiger partial charge on any atom is -0.444 e. The topological polar surface area (TPSA) is 54.1 Å². The third kappa shape index (κ3) is 4.99. The number of benzene rings is 1. The van der Waals surface area contributed by atoms with Crippen molar-refractivity contribution in [2.75, 3.05) is 6.54 Å². The van der Waals surface area contributed by atoms with E-state index >= 15 is 0 Å². The van der Waals surface area contributed by atoms with Crippen LogP contribution in [0.1, 0.15) is 32.8 Å². The van der Waals surface area contributed by atoms with Gasteiger partial charge in [0.2, 0.25) is 0 Å². The number of H-pyrrole nitrogens is 1. The molecule has 1 heterocycles. The van der Waals surface area contributed by atoms with Gasteiger partial charge >= 0.3 is 6.09 Å². The third-order valence-electron chi connectivity index (χ3n) is 2.87. The Morgan fingerprint density at radius 2 is 2.14 bits per heavy atom. The average Bonchev–Trinajstić information content (AvgIpc) is 2.83. The summed E-state index contributed by atoms with van der Waals surface area (Å²) >= 11 is 0. The molecule has 21 heavy (non-hydrogen) atoms. The van der Waals surface area contributed by atoms with Gasteiger partial charge in [-0.25, -0.2) is 4.79 Å². The van der Waals surface area contributed by atoms with Gasteiger partial charge in [0, 0.05) is 18.3 Å². The van der Waals surface area contributed by atoms with Gasteiger partial charge in [0.1, 0.15) is 5.60 Å². The maximum atomic E-state index is 11.4. The lowest BCUT2D eigenvalue weighted by Crippen LogP contribution is -2.32. The number of ether oxygens (including phenoxy) is 1. The Labute approximate surface area is 125 Å². The summed E-state index contributed by atoms with van der Waals surface area (Å²) in [7, 11) is 0. The molecule has 0 saturated carbocycles. The van der Waals surface area contributed by atoms with E-state index in [4.69, 9.17) is 4.74 Å². The van der Waals surface area contributed by atoms with Crippen LogP contribution in [0.2, 0.25) is 0 Å². The summed E-state index contributed by atoms with van der Waals surface area (Å²) in [5, 5.41) is 3.93. The van der Waals surface area contributed by atoms with Crippen LogP contribution in [0.5, 0.6) is 0 Å². The van der Waals surface area contributed by atoms with Crippen molar-refractivity contribution < 1.29 is 9.53 Å². The van der Waals surface area contributed by atoms with E-state index in [1.165, 1.54) is 5.39 Å². The molecule has 0 aliphatic rings. The van der Waals surface area contributed by atoms with Gasteiger partial charge < -0.3 is 15.0 Å². The summed E-state index contributed by atoms with van der Waals surface area (Å²) in [5.74, 6) is 0. The average molecular weight is 286 g/mol. The summed E-state index contributed by atoms with van der Waals surface area (Å²) in [6, 6.07) is 8.31. The van der Waals surface area contributed by atoms with E-state index in [-0.39, 0.29) is 6.09 Å². The van der Waals surface area contributed by atoms with Crippen molar-refractivity contribution in [3.63, 3.8) is 0 Å². The molecule has 4 heteroatoms. The molecule has 0 bridgehead atoms. The number of fused-ring (bicyclic) bond motifs is 1. The molecule has 1 aromatic heterocycles. The quantitative estimate of drug-likeness (QED) is 0.831. The fourth-order valence-corrected chi connectivity index (χ4v) is 1.97. The number of carbonyl (C=O) groups excluding carboxylic acids is 1. The number of hydrogen-bond donors (Lipinski definition) is 2. The Balaban J connectivity index is 1.76. The second-order valence-corrected chi connectivity index (χ2v) is 5.94. The predicted octanol–water partition coefficient (Wildman–Crippen LogP) is 4.10. The first kappa shape index (κ1) is 15.2. The Kier molecular flexibility index (Phi) is 4.68. The highest BCUT2D eigenvalue weighted by Crippen LogP contribution is 2.15. The number of carbonyl (C=O) groups is 1. The molecule has 0 aliphatic carbocycles. The molecular weight excluding hydrogens is 264 g/mol. The van der Waals surface area contributed by atoms with Crippen molar-refractivity contribution in [2.24, 2.45) is 0 Å². The molecule has 1 aromatic carbocycles. The number of nitrogens with one attached hydrogen (secondary N) is 2. The van der Waals surface area contributed by atoms with Crippen molar-refractivity contribution in [2.45, 2.75) is 32.8 Å². The molecule has 112 valence electrons. The van der Waals surface area contributed by atoms with Gasteiger partial charge in [0.25, 0.3) is 0 Å². The van der Waals surface area contributed by atoms with Gasteiger partial charge in [-0.15, -0.1) is 0 Å². The summed E-state index contributed by atoms with van der Waals surface area (Å²) in [4.78, 5) is 14.6. The van der Waals surface area contributed by atoms with E-state index in [0.717, 1.165) is 17.5 Å². The first-order valence-electron chi connectivity index (χ1n) is 7.14. The zero-order valence-electron chi connectivity index (χ0n) is 12.8. The molecule has 0 atom stereocenters. The van der Waals surface area contributed by atoms with Crippen LogP contribution in [0.15, 0.2) is 36.5 Å². The Morgan fingerprint density at radius 1 is 1.33 bits per heavy atom. The normalized spacial score (nSPS) is 12.0. The van der Waals surface area contributed by atoms with Crippen LogP contribution in [-0.2, 0) is 4.74 Å². The minimum absolute atomic E-state index is 0.371. The zero-order valence-corrected chi connectivity index (χ0v) is 12.8. The van der Waals surface area contributed by atoms with E-state index < -0.39 is 5.60 Å². The standard InChI is InChI=1S/C17H22N2O2/c1-17(2,3)21-16(20)19-10-5-4-6-13-7-8-15-14(12-13)9-11-18-15/h4,6-9,11-12,18H,5,10H2,1-3H3,(H,19,20). The third-order valence-corrected chi connectivity index (χ3v) is 2.87. The molecule has 0 unspecified atom stereocenters. The van der Waals surface area contributed by atoms with Gasteiger partial charge in [-0.2, -0.15) is 0 Å². The van der Waals surface area contributed by atoms with Crippen LogP contribution in [0.3, 0.4) is 0 Å². The van der Waals surface area contributed by atoms with E-state index in [1.54, 1.807) is 0 Å². The van der Waals surface area contributed by atoms with E-state index in [0.29, 0.717) is 6.54 Å². The van der Waals surface area contributed by atoms with Crippen LogP contribution in [0, 0.1) is 0 Å². The monoisotopic (exact) mass is 286 g/mol. The molecule has 0 saturated heterocycles. The van der Waals surface area contributed by atoms with Crippen molar-refractivity contribution in [1.82, 2.24) is 10.3 Å². The van der Waals surface area contributed by atoms with Crippen molar-refractivity contribution in [3.8, 4) is 0 Å². The van der Waals surface area contributed by atoms with Gasteiger partial charge in [0.05, 0.1) is 0 Å². The number of aromatic amines is 1. The largest absolute Gasteiger partial charge is 0.444 e. The lowest BCUT2D eigenvalue weighted by Gasteiger charge is -2.19. The van der Waals surface area contributed by atoms with Gasteiger partial charge in [-0.3, -0.25) is 0 Å². The Morgan fingerprint density at radius 3 is 2.90 bits per heavy atom. The van der Waals surface area contributed by atoms with Gasteiger partial charge in [-0.1, -0.05) is 18.2 Å². The number of amides is 1. The molecular formula is C17H22N2O2. The number of rotatable bonds is 4. The molecule has 2 N–H and O–H groups in total. The van der Waals surface area contributed by atoms with Crippen molar-refractivity contribution in [1.29, 1.82) is 0 Å². The smallest absolute Gasteiger partial charge is 0.407 e. The summed E-state index contributed by atoms with van der Waals surface area (Å²) in [6.45, 7) is 6.12. The fraction of sp³-hybridized carbons (Fsp3) is 0.353. The summed E-state index contributed by atoms with van der Waals surface area (Å²) in [6.07, 6.45) is 6.44. The number of alkyl carbamates (subject to hydrolysis) is 1. The molecule has 0 radical (unpaired) electrons. The second kappa shape index (κ2) is 6.48. The first-order chi connectivity index (χ1) is 9.94. The SMILES string of the molecule is CC(C)(C)OC(=O)NCCC=Cc1ccc2[nH]ccc2c1. The van der Waals surface area contributed by atoms with Crippen LogP contribution < -0.4 is 5.32 Å². The highest BCUT2D eigenvalue weighted by atomic mass is 16.6. The maximum Gasteiger partial charge on any atom is 0.407 e. The van der Waals surface area contributed by atoms with Crippen LogP contribution in [0.4, 0.5) is 4.79 Å². The lowest BCUT2D eigenvalue weighted by atomic mass is 10.1. The minimum atomic E-state index is -0.452. The summed E-state index contributed by atoms with van der Waals surface area (Å²) < 4.78 is 5.16. The molecule has 4 nitrogen and oxygen atoms in total. The molecule has 0 aliphatic heterocycles. The molecule has 1 amide bonds. The van der Waals surface area contributed by atoms with Crippen molar-refractivity contribution >= 4 is 23.1 Å². The Bertz CT molecular complexity index is 636. The van der Waals surface area contributed by atoms with Gasteiger partial charge in [0.15, 0.2) is 0 Å². The second-order valence-electron chi connectivity index (χ2n) is 5.94. The highest BCUT2D eigenvalue weighted by Gasteiger charge is 2.15. The van der Waals surface area contributed by atoms with Crippen LogP contribution in [0.25, 0.3) is 17.0 Å². The highest BCUT2D eigenvalue weighted by molar-refractivity contribution is 5.81. The van der Waals surface area contributed by atoms with Crippen LogP contribution in [-0.4, -0.2) is 23.2 Å². The van der Waals surface area contributed by atoms with E-state index in [1.807, 2.05) is 33.0 Å². The molecule has 2 rings (SSSR count). The predicted molar refractivity (Wildman–Crippen MR) is 86.2 cm³/mol. The Hall–Kier alpha value is -2.23. The zero-order chi connectivity index (χ0) is 15.3. The van der Waals surface area contributed by atoms with Gasteiger partial charge in [-0.05, 0) is 56.3 Å².